The third-order valence-electron chi connectivity index (χ3n) is 3.12. The summed E-state index contributed by atoms with van der Waals surface area (Å²) in [6, 6.07) is 0.0200. The number of nitrogens with zero attached hydrogens (tertiary/aromatic N) is 4. The minimum absolute atomic E-state index is 0.0826. The normalized spacial score (nSPS) is 22.0. The minimum Gasteiger partial charge on any atom is -0.340 e. The van der Waals surface area contributed by atoms with Crippen LogP contribution in [0.3, 0.4) is 0 Å². The van der Waals surface area contributed by atoms with E-state index in [1.165, 1.54) is 6.33 Å². The van der Waals surface area contributed by atoms with E-state index in [4.69, 9.17) is 0 Å². The highest BCUT2D eigenvalue weighted by Gasteiger charge is 2.27. The molecule has 1 aromatic rings. The van der Waals surface area contributed by atoms with Crippen LogP contribution in [0.2, 0.25) is 0 Å². The number of hydrogen-bond acceptors (Lipinski definition) is 4. The molecule has 1 saturated heterocycles. The molecule has 1 amide bonds. The third kappa shape index (κ3) is 2.06. The smallest absolute Gasteiger partial charge is 0.247 e. The summed E-state index contributed by atoms with van der Waals surface area (Å²) in [6.07, 6.45) is 4.04. The Kier molecular flexibility index (Phi) is 3.19. The van der Waals surface area contributed by atoms with E-state index in [0.717, 1.165) is 19.5 Å². The van der Waals surface area contributed by atoms with Crippen molar-refractivity contribution in [2.45, 2.75) is 25.4 Å². The summed E-state index contributed by atoms with van der Waals surface area (Å²) in [5, 5.41) is 7.24. The van der Waals surface area contributed by atoms with Crippen molar-refractivity contribution in [1.29, 1.82) is 0 Å². The van der Waals surface area contributed by atoms with Crippen molar-refractivity contribution in [3.05, 3.63) is 12.7 Å². The number of carbonyl (C=O) groups excluding carboxylic acids is 1. The molecule has 0 bridgehead atoms. The number of rotatable bonds is 3. The third-order valence-corrected chi connectivity index (χ3v) is 3.12. The van der Waals surface area contributed by atoms with E-state index in [1.54, 1.807) is 11.0 Å². The average Bonchev–Trinajstić information content (AvgIpc) is 2.97. The Morgan fingerprint density at radius 1 is 1.69 bits per heavy atom. The molecular weight excluding hydrogens is 206 g/mol. The summed E-state index contributed by atoms with van der Waals surface area (Å²) in [5.74, 6) is 0.0826. The van der Waals surface area contributed by atoms with Gasteiger partial charge < -0.3 is 10.2 Å². The molecule has 16 heavy (non-hydrogen) atoms. The van der Waals surface area contributed by atoms with Crippen LogP contribution in [0.25, 0.3) is 0 Å². The largest absolute Gasteiger partial charge is 0.340 e. The molecular formula is C10H17N5O. The molecule has 1 aliphatic heterocycles. The van der Waals surface area contributed by atoms with Crippen LogP contribution in [0.4, 0.5) is 0 Å². The molecule has 1 aliphatic rings. The van der Waals surface area contributed by atoms with E-state index in [1.807, 2.05) is 18.9 Å². The molecule has 2 rings (SSSR count). The molecule has 2 unspecified atom stereocenters. The van der Waals surface area contributed by atoms with Gasteiger partial charge in [-0.1, -0.05) is 0 Å². The van der Waals surface area contributed by atoms with Crippen molar-refractivity contribution in [3.8, 4) is 0 Å². The molecule has 1 fully saturated rings. The second kappa shape index (κ2) is 4.61. The standard InChI is InChI=1S/C10H17N5O/c1-8(15-7-12-6-13-15)10(16)14(2)9-3-4-11-5-9/h6-9,11H,3-5H2,1-2H3. The van der Waals surface area contributed by atoms with Gasteiger partial charge in [0.2, 0.25) is 5.91 Å². The summed E-state index contributed by atoms with van der Waals surface area (Å²) >= 11 is 0. The highest BCUT2D eigenvalue weighted by atomic mass is 16.2. The lowest BCUT2D eigenvalue weighted by Gasteiger charge is -2.26. The number of aromatic nitrogens is 3. The van der Waals surface area contributed by atoms with Crippen LogP contribution in [0, 0.1) is 0 Å². The van der Waals surface area contributed by atoms with Crippen molar-refractivity contribution in [2.24, 2.45) is 0 Å². The van der Waals surface area contributed by atoms with E-state index >= 15 is 0 Å². The van der Waals surface area contributed by atoms with Gasteiger partial charge in [0.05, 0.1) is 0 Å². The molecule has 0 saturated carbocycles. The van der Waals surface area contributed by atoms with Gasteiger partial charge in [0.15, 0.2) is 0 Å². The van der Waals surface area contributed by atoms with E-state index in [2.05, 4.69) is 15.4 Å². The maximum atomic E-state index is 12.1. The Morgan fingerprint density at radius 2 is 2.50 bits per heavy atom. The summed E-state index contributed by atoms with van der Waals surface area (Å²) in [7, 11) is 1.85. The molecule has 2 heterocycles. The van der Waals surface area contributed by atoms with Crippen LogP contribution in [0.5, 0.6) is 0 Å². The summed E-state index contributed by atoms with van der Waals surface area (Å²) in [6.45, 7) is 3.71. The lowest BCUT2D eigenvalue weighted by atomic mass is 10.2. The van der Waals surface area contributed by atoms with Crippen molar-refractivity contribution < 1.29 is 4.79 Å². The summed E-state index contributed by atoms with van der Waals surface area (Å²) < 4.78 is 1.58. The van der Waals surface area contributed by atoms with Gasteiger partial charge in [-0.3, -0.25) is 4.79 Å². The molecule has 6 nitrogen and oxygen atoms in total. The average molecular weight is 223 g/mol. The number of nitrogens with one attached hydrogen (secondary N) is 1. The number of likely N-dealkylation sites (N-methyl/N-ethyl adjacent to an activating group) is 1. The van der Waals surface area contributed by atoms with E-state index in [9.17, 15) is 4.79 Å². The summed E-state index contributed by atoms with van der Waals surface area (Å²) in [4.78, 5) is 17.8. The Hall–Kier alpha value is -1.43. The molecule has 2 atom stereocenters. The predicted octanol–water partition coefficient (Wildman–Crippen LogP) is -0.341. The number of hydrogen-bond donors (Lipinski definition) is 1. The quantitative estimate of drug-likeness (QED) is 0.761. The topological polar surface area (TPSA) is 63.1 Å². The van der Waals surface area contributed by atoms with Gasteiger partial charge in [-0.25, -0.2) is 9.67 Å². The predicted molar refractivity (Wildman–Crippen MR) is 58.8 cm³/mol. The van der Waals surface area contributed by atoms with Crippen LogP contribution < -0.4 is 5.32 Å². The first-order valence-electron chi connectivity index (χ1n) is 5.51. The minimum atomic E-state index is -0.284. The Morgan fingerprint density at radius 3 is 3.06 bits per heavy atom. The lowest BCUT2D eigenvalue weighted by Crippen LogP contribution is -2.41. The second-order valence-electron chi connectivity index (χ2n) is 4.15. The monoisotopic (exact) mass is 223 g/mol. The van der Waals surface area contributed by atoms with Crippen LogP contribution in [-0.2, 0) is 4.79 Å². The first-order chi connectivity index (χ1) is 7.70. The van der Waals surface area contributed by atoms with Crippen LogP contribution in [0.15, 0.2) is 12.7 Å². The zero-order chi connectivity index (χ0) is 11.5. The van der Waals surface area contributed by atoms with E-state index in [0.29, 0.717) is 6.04 Å². The van der Waals surface area contributed by atoms with Gasteiger partial charge in [0.1, 0.15) is 18.7 Å². The molecule has 6 heteroatoms. The first-order valence-corrected chi connectivity index (χ1v) is 5.51. The van der Waals surface area contributed by atoms with Crippen molar-refractivity contribution in [3.63, 3.8) is 0 Å². The molecule has 0 aliphatic carbocycles. The van der Waals surface area contributed by atoms with E-state index in [-0.39, 0.29) is 11.9 Å². The van der Waals surface area contributed by atoms with Gasteiger partial charge in [-0.2, -0.15) is 5.10 Å². The van der Waals surface area contributed by atoms with Gasteiger partial charge in [0, 0.05) is 19.6 Å². The molecule has 0 spiro atoms. The fraction of sp³-hybridized carbons (Fsp3) is 0.700. The Balaban J connectivity index is 2.01. The second-order valence-corrected chi connectivity index (χ2v) is 4.15. The zero-order valence-corrected chi connectivity index (χ0v) is 9.63. The van der Waals surface area contributed by atoms with E-state index < -0.39 is 0 Å². The van der Waals surface area contributed by atoms with Crippen molar-refractivity contribution >= 4 is 5.91 Å². The first kappa shape index (κ1) is 11.1. The van der Waals surface area contributed by atoms with Gasteiger partial charge in [-0.15, -0.1) is 0 Å². The Bertz CT molecular complexity index is 344. The van der Waals surface area contributed by atoms with Gasteiger partial charge in [0.25, 0.3) is 0 Å². The molecule has 0 radical (unpaired) electrons. The van der Waals surface area contributed by atoms with Crippen LogP contribution in [0.1, 0.15) is 19.4 Å². The fourth-order valence-electron chi connectivity index (χ4n) is 1.98. The van der Waals surface area contributed by atoms with Gasteiger partial charge in [-0.05, 0) is 19.9 Å². The van der Waals surface area contributed by atoms with Crippen molar-refractivity contribution in [1.82, 2.24) is 25.0 Å². The fourth-order valence-corrected chi connectivity index (χ4v) is 1.98. The zero-order valence-electron chi connectivity index (χ0n) is 9.63. The maximum Gasteiger partial charge on any atom is 0.247 e. The SMILES string of the molecule is CC(C(=O)N(C)C1CCNC1)n1cncn1. The van der Waals surface area contributed by atoms with Crippen LogP contribution in [-0.4, -0.2) is 51.8 Å². The number of carbonyl (C=O) groups is 1. The molecule has 0 aromatic carbocycles. The molecule has 1 N–H and O–H groups in total. The highest BCUT2D eigenvalue weighted by Crippen LogP contribution is 2.12. The van der Waals surface area contributed by atoms with Crippen LogP contribution >= 0.6 is 0 Å². The number of amides is 1. The highest BCUT2D eigenvalue weighted by molar-refractivity contribution is 5.80. The molecule has 1 aromatic heterocycles. The van der Waals surface area contributed by atoms with Crippen molar-refractivity contribution in [2.75, 3.05) is 20.1 Å². The summed E-state index contributed by atoms with van der Waals surface area (Å²) in [5.41, 5.74) is 0. The van der Waals surface area contributed by atoms with Gasteiger partial charge >= 0.3 is 0 Å². The maximum absolute atomic E-state index is 12.1. The Labute approximate surface area is 94.6 Å². The lowest BCUT2D eigenvalue weighted by molar-refractivity contribution is -0.135. The molecule has 88 valence electrons.